The van der Waals surface area contributed by atoms with Gasteiger partial charge in [-0.15, -0.1) is 0 Å². The van der Waals surface area contributed by atoms with Gasteiger partial charge in [-0.2, -0.15) is 9.97 Å². The molecule has 1 rings (SSSR count). The lowest BCUT2D eigenvalue weighted by molar-refractivity contribution is 0.327. The van der Waals surface area contributed by atoms with Crippen molar-refractivity contribution in [2.24, 2.45) is 0 Å². The molecule has 0 spiro atoms. The van der Waals surface area contributed by atoms with Gasteiger partial charge < -0.3 is 15.8 Å². The Bertz CT molecular complexity index is 412. The summed E-state index contributed by atoms with van der Waals surface area (Å²) in [6.07, 6.45) is 13.4. The van der Waals surface area contributed by atoms with Crippen molar-refractivity contribution >= 4 is 11.8 Å². The fraction of sp³-hybridized carbons (Fsp3) is 0.778. The zero-order valence-corrected chi connectivity index (χ0v) is 14.9. The fourth-order valence-corrected chi connectivity index (χ4v) is 2.58. The van der Waals surface area contributed by atoms with E-state index in [-0.39, 0.29) is 5.95 Å². The minimum Gasteiger partial charge on any atom is -0.478 e. The summed E-state index contributed by atoms with van der Waals surface area (Å²) in [7, 11) is 0. The van der Waals surface area contributed by atoms with Crippen LogP contribution < -0.4 is 15.8 Å². The number of rotatable bonds is 14. The molecule has 0 unspecified atom stereocenters. The lowest BCUT2D eigenvalue weighted by atomic mass is 10.1. The molecule has 3 N–H and O–H groups in total. The number of nitrogens with one attached hydrogen (secondary N) is 1. The molecule has 0 amide bonds. The minimum absolute atomic E-state index is 0.251. The van der Waals surface area contributed by atoms with E-state index in [0.29, 0.717) is 12.5 Å². The normalized spacial score (nSPS) is 10.7. The third-order valence-electron chi connectivity index (χ3n) is 3.85. The molecule has 1 heterocycles. The summed E-state index contributed by atoms with van der Waals surface area (Å²) >= 11 is 0. The van der Waals surface area contributed by atoms with E-state index in [9.17, 15) is 0 Å². The number of unbranched alkanes of at least 4 members (excludes halogenated alkanes) is 9. The molecule has 0 aliphatic carbocycles. The lowest BCUT2D eigenvalue weighted by Gasteiger charge is -2.08. The predicted molar refractivity (Wildman–Crippen MR) is 97.9 cm³/mol. The predicted octanol–water partition coefficient (Wildman–Crippen LogP) is 4.79. The minimum atomic E-state index is 0.251. The molecule has 0 atom stereocenters. The number of hydrogen-bond acceptors (Lipinski definition) is 5. The van der Waals surface area contributed by atoms with Crippen molar-refractivity contribution in [3.05, 3.63) is 6.07 Å². The van der Waals surface area contributed by atoms with Crippen molar-refractivity contribution in [1.82, 2.24) is 9.97 Å². The Kier molecular flexibility index (Phi) is 11.0. The largest absolute Gasteiger partial charge is 0.478 e. The van der Waals surface area contributed by atoms with E-state index in [1.54, 1.807) is 6.07 Å². The van der Waals surface area contributed by atoms with Gasteiger partial charge in [0, 0.05) is 12.6 Å². The van der Waals surface area contributed by atoms with Crippen LogP contribution in [0.1, 0.15) is 78.1 Å². The first-order valence-corrected chi connectivity index (χ1v) is 9.27. The van der Waals surface area contributed by atoms with Gasteiger partial charge in [0.2, 0.25) is 11.8 Å². The molecule has 0 aromatic carbocycles. The van der Waals surface area contributed by atoms with E-state index in [0.717, 1.165) is 18.8 Å². The number of nitrogen functional groups attached to an aromatic ring is 1. The first-order valence-electron chi connectivity index (χ1n) is 9.27. The number of aromatic nitrogens is 2. The van der Waals surface area contributed by atoms with E-state index in [4.69, 9.17) is 10.5 Å². The van der Waals surface area contributed by atoms with Gasteiger partial charge in [-0.25, -0.2) is 0 Å². The van der Waals surface area contributed by atoms with Crippen LogP contribution in [0.4, 0.5) is 11.8 Å². The van der Waals surface area contributed by atoms with Crippen LogP contribution in [0.25, 0.3) is 0 Å². The van der Waals surface area contributed by atoms with E-state index in [1.807, 2.05) is 6.92 Å². The first kappa shape index (κ1) is 19.5. The molecule has 132 valence electrons. The number of nitrogens with zero attached hydrogens (tertiary/aromatic N) is 2. The Morgan fingerprint density at radius 2 is 1.52 bits per heavy atom. The summed E-state index contributed by atoms with van der Waals surface area (Å²) < 4.78 is 5.36. The highest BCUT2D eigenvalue weighted by Gasteiger charge is 2.02. The Hall–Kier alpha value is -1.52. The Labute approximate surface area is 141 Å². The van der Waals surface area contributed by atoms with E-state index in [2.05, 4.69) is 22.2 Å². The molecule has 0 aliphatic rings. The third-order valence-corrected chi connectivity index (χ3v) is 3.85. The van der Waals surface area contributed by atoms with Crippen LogP contribution in [0.15, 0.2) is 6.07 Å². The second-order valence-corrected chi connectivity index (χ2v) is 5.99. The van der Waals surface area contributed by atoms with Gasteiger partial charge >= 0.3 is 0 Å². The molecule has 0 saturated carbocycles. The van der Waals surface area contributed by atoms with Crippen LogP contribution in [-0.2, 0) is 0 Å². The average Bonchev–Trinajstić information content (AvgIpc) is 2.52. The Morgan fingerprint density at radius 3 is 2.13 bits per heavy atom. The highest BCUT2D eigenvalue weighted by Crippen LogP contribution is 2.15. The van der Waals surface area contributed by atoms with Crippen molar-refractivity contribution in [3.8, 4) is 5.88 Å². The van der Waals surface area contributed by atoms with Gasteiger partial charge in [-0.05, 0) is 13.3 Å². The number of nitrogens with two attached hydrogens (primary N) is 1. The number of anilines is 2. The third kappa shape index (κ3) is 9.97. The molecule has 5 heteroatoms. The fourth-order valence-electron chi connectivity index (χ4n) is 2.58. The van der Waals surface area contributed by atoms with Crippen LogP contribution in [0, 0.1) is 0 Å². The summed E-state index contributed by atoms with van der Waals surface area (Å²) in [5.74, 6) is 1.53. The Balaban J connectivity index is 2.02. The average molecular weight is 322 g/mol. The van der Waals surface area contributed by atoms with Crippen LogP contribution in [0.3, 0.4) is 0 Å². The molecule has 0 radical (unpaired) electrons. The molecular weight excluding hydrogens is 288 g/mol. The highest BCUT2D eigenvalue weighted by atomic mass is 16.5. The monoisotopic (exact) mass is 322 g/mol. The van der Waals surface area contributed by atoms with Crippen molar-refractivity contribution in [1.29, 1.82) is 0 Å². The molecule has 0 aliphatic heterocycles. The van der Waals surface area contributed by atoms with Gasteiger partial charge in [-0.1, -0.05) is 64.7 Å². The summed E-state index contributed by atoms with van der Waals surface area (Å²) in [5, 5.41) is 3.30. The van der Waals surface area contributed by atoms with E-state index < -0.39 is 0 Å². The summed E-state index contributed by atoms with van der Waals surface area (Å²) in [5.41, 5.74) is 5.68. The second-order valence-electron chi connectivity index (χ2n) is 5.99. The summed E-state index contributed by atoms with van der Waals surface area (Å²) in [6, 6.07) is 1.80. The van der Waals surface area contributed by atoms with Crippen molar-refractivity contribution in [3.63, 3.8) is 0 Å². The van der Waals surface area contributed by atoms with Crippen LogP contribution in [0.5, 0.6) is 5.88 Å². The Morgan fingerprint density at radius 1 is 0.913 bits per heavy atom. The van der Waals surface area contributed by atoms with Gasteiger partial charge in [0.05, 0.1) is 6.61 Å². The van der Waals surface area contributed by atoms with Crippen molar-refractivity contribution < 1.29 is 4.74 Å². The van der Waals surface area contributed by atoms with Gasteiger partial charge in [0.1, 0.15) is 5.82 Å². The molecule has 1 aromatic heterocycles. The van der Waals surface area contributed by atoms with E-state index >= 15 is 0 Å². The van der Waals surface area contributed by atoms with Gasteiger partial charge in [0.25, 0.3) is 0 Å². The molecule has 5 nitrogen and oxygen atoms in total. The number of ether oxygens (including phenoxy) is 1. The number of hydrogen-bond donors (Lipinski definition) is 2. The summed E-state index contributed by atoms with van der Waals surface area (Å²) in [6.45, 7) is 5.68. The molecule has 23 heavy (non-hydrogen) atoms. The van der Waals surface area contributed by atoms with Crippen LogP contribution in [-0.4, -0.2) is 23.1 Å². The SMILES string of the molecule is CCCCCCCCCCCCNc1cc(OCC)nc(N)n1. The molecule has 0 fully saturated rings. The van der Waals surface area contributed by atoms with Gasteiger partial charge in [-0.3, -0.25) is 0 Å². The lowest BCUT2D eigenvalue weighted by Crippen LogP contribution is -2.07. The molecule has 1 aromatic rings. The topological polar surface area (TPSA) is 73.1 Å². The summed E-state index contributed by atoms with van der Waals surface area (Å²) in [4.78, 5) is 8.21. The standard InChI is InChI=1S/C18H34N4O/c1-3-5-6-7-8-9-10-11-12-13-14-20-16-15-17(23-4-2)22-18(19)21-16/h15H,3-14H2,1-2H3,(H3,19,20,21,22). The van der Waals surface area contributed by atoms with Gasteiger partial charge in [0.15, 0.2) is 0 Å². The quantitative estimate of drug-likeness (QED) is 0.482. The first-order chi connectivity index (χ1) is 11.3. The maximum absolute atomic E-state index is 5.68. The zero-order valence-electron chi connectivity index (χ0n) is 14.9. The molecule has 0 bridgehead atoms. The van der Waals surface area contributed by atoms with Crippen molar-refractivity contribution in [2.75, 3.05) is 24.2 Å². The molecule has 0 saturated heterocycles. The van der Waals surface area contributed by atoms with Crippen LogP contribution in [0.2, 0.25) is 0 Å². The smallest absolute Gasteiger partial charge is 0.225 e. The molecular formula is C18H34N4O. The van der Waals surface area contributed by atoms with E-state index in [1.165, 1.54) is 57.8 Å². The zero-order chi connectivity index (χ0) is 16.8. The van der Waals surface area contributed by atoms with Crippen molar-refractivity contribution in [2.45, 2.75) is 78.1 Å². The maximum atomic E-state index is 5.68. The maximum Gasteiger partial charge on any atom is 0.225 e. The second kappa shape index (κ2) is 13.0. The highest BCUT2D eigenvalue weighted by molar-refractivity contribution is 5.42. The van der Waals surface area contributed by atoms with Crippen LogP contribution >= 0.6 is 0 Å².